The van der Waals surface area contributed by atoms with E-state index in [1.807, 2.05) is 25.1 Å². The molecule has 0 saturated heterocycles. The Morgan fingerprint density at radius 1 is 1.04 bits per heavy atom. The number of halogens is 1. The average Bonchev–Trinajstić information content (AvgIpc) is 3.14. The molecule has 0 radical (unpaired) electrons. The van der Waals surface area contributed by atoms with Gasteiger partial charge in [-0.2, -0.15) is 0 Å². The lowest BCUT2D eigenvalue weighted by molar-refractivity contribution is 0.293. The summed E-state index contributed by atoms with van der Waals surface area (Å²) in [7, 11) is 0. The zero-order chi connectivity index (χ0) is 19.0. The molecule has 2 heterocycles. The van der Waals surface area contributed by atoms with Gasteiger partial charge < -0.3 is 14.8 Å². The Morgan fingerprint density at radius 2 is 1.81 bits per heavy atom. The van der Waals surface area contributed by atoms with Gasteiger partial charge >= 0.3 is 0 Å². The van der Waals surface area contributed by atoms with Crippen molar-refractivity contribution in [2.45, 2.75) is 26.4 Å². The van der Waals surface area contributed by atoms with Crippen LogP contribution in [-0.2, 0) is 6.54 Å². The van der Waals surface area contributed by atoms with E-state index >= 15 is 0 Å². The number of fused-ring (bicyclic) bond motifs is 1. The summed E-state index contributed by atoms with van der Waals surface area (Å²) in [5.74, 6) is 0. The maximum absolute atomic E-state index is 6.27. The summed E-state index contributed by atoms with van der Waals surface area (Å²) in [5.41, 5.74) is 5.72. The molecule has 1 unspecified atom stereocenters. The quantitative estimate of drug-likeness (QED) is 0.573. The van der Waals surface area contributed by atoms with Crippen molar-refractivity contribution in [1.29, 1.82) is 0 Å². The van der Waals surface area contributed by atoms with Crippen LogP contribution in [0.25, 0.3) is 0 Å². The van der Waals surface area contributed by atoms with Gasteiger partial charge in [-0.3, -0.25) is 0 Å². The Labute approximate surface area is 170 Å². The molecule has 0 bridgehead atoms. The first kappa shape index (κ1) is 18.1. The van der Waals surface area contributed by atoms with Crippen LogP contribution in [0.5, 0.6) is 0 Å². The minimum Gasteiger partial charge on any atom is -0.348 e. The zero-order valence-electron chi connectivity index (χ0n) is 15.4. The number of hydrogen-bond donors (Lipinski definition) is 1. The largest absolute Gasteiger partial charge is 0.348 e. The first-order valence-electron chi connectivity index (χ1n) is 9.09. The van der Waals surface area contributed by atoms with Crippen LogP contribution in [-0.4, -0.2) is 21.1 Å². The van der Waals surface area contributed by atoms with Crippen molar-refractivity contribution in [3.8, 4) is 0 Å². The fraction of sp³-hybridized carbons (Fsp3) is 0.227. The van der Waals surface area contributed by atoms with E-state index in [2.05, 4.69) is 64.3 Å². The van der Waals surface area contributed by atoms with Gasteiger partial charge in [-0.1, -0.05) is 47.5 Å². The fourth-order valence-electron chi connectivity index (χ4n) is 3.63. The molecule has 1 aliphatic rings. The second kappa shape index (κ2) is 7.37. The lowest BCUT2D eigenvalue weighted by Gasteiger charge is -2.39. The highest BCUT2D eigenvalue weighted by Crippen LogP contribution is 2.33. The number of rotatable bonds is 2. The summed E-state index contributed by atoms with van der Waals surface area (Å²) in [4.78, 5) is 2.27. The van der Waals surface area contributed by atoms with Crippen molar-refractivity contribution >= 4 is 34.6 Å². The summed E-state index contributed by atoms with van der Waals surface area (Å²) in [6.07, 6.45) is 2.14. The van der Waals surface area contributed by atoms with Crippen LogP contribution >= 0.6 is 23.8 Å². The smallest absolute Gasteiger partial charge is 0.174 e. The minimum atomic E-state index is 0.0915. The van der Waals surface area contributed by atoms with Crippen LogP contribution in [0, 0.1) is 13.8 Å². The Bertz CT molecular complexity index is 977. The van der Waals surface area contributed by atoms with E-state index in [9.17, 15) is 0 Å². The predicted octanol–water partition coefficient (Wildman–Crippen LogP) is 5.56. The molecular weight excluding hydrogens is 374 g/mol. The van der Waals surface area contributed by atoms with Crippen molar-refractivity contribution in [1.82, 2.24) is 9.47 Å². The highest BCUT2D eigenvalue weighted by molar-refractivity contribution is 7.80. The van der Waals surface area contributed by atoms with Crippen molar-refractivity contribution in [3.63, 3.8) is 0 Å². The molecule has 0 amide bonds. The maximum atomic E-state index is 6.27. The molecule has 0 fully saturated rings. The highest BCUT2D eigenvalue weighted by Gasteiger charge is 2.30. The third kappa shape index (κ3) is 3.47. The SMILES string of the molecule is Cc1ccc(C2c3cccn3CCN2C(=S)Nc2cccc(Cl)c2C)cc1. The molecular formula is C22H22ClN3S. The van der Waals surface area contributed by atoms with Crippen molar-refractivity contribution in [2.75, 3.05) is 11.9 Å². The maximum Gasteiger partial charge on any atom is 0.174 e. The van der Waals surface area contributed by atoms with Gasteiger partial charge in [0.15, 0.2) is 5.11 Å². The second-order valence-electron chi connectivity index (χ2n) is 6.98. The molecule has 27 heavy (non-hydrogen) atoms. The monoisotopic (exact) mass is 395 g/mol. The summed E-state index contributed by atoms with van der Waals surface area (Å²) < 4.78 is 2.31. The van der Waals surface area contributed by atoms with E-state index in [0.717, 1.165) is 34.5 Å². The van der Waals surface area contributed by atoms with Gasteiger partial charge in [-0.25, -0.2) is 0 Å². The predicted molar refractivity (Wildman–Crippen MR) is 117 cm³/mol. The van der Waals surface area contributed by atoms with Gasteiger partial charge in [0.25, 0.3) is 0 Å². The summed E-state index contributed by atoms with van der Waals surface area (Å²) >= 11 is 12.1. The number of anilines is 1. The van der Waals surface area contributed by atoms with E-state index in [4.69, 9.17) is 23.8 Å². The van der Waals surface area contributed by atoms with Crippen LogP contribution in [0.4, 0.5) is 5.69 Å². The topological polar surface area (TPSA) is 20.2 Å². The Hall–Kier alpha value is -2.30. The normalized spacial score (nSPS) is 16.1. The van der Waals surface area contributed by atoms with Gasteiger partial charge in [-0.05, 0) is 61.5 Å². The van der Waals surface area contributed by atoms with Crippen LogP contribution in [0.15, 0.2) is 60.8 Å². The van der Waals surface area contributed by atoms with Gasteiger partial charge in [0.1, 0.15) is 0 Å². The Balaban J connectivity index is 1.68. The third-order valence-corrected chi connectivity index (χ3v) is 5.95. The molecule has 3 nitrogen and oxygen atoms in total. The number of benzene rings is 2. The van der Waals surface area contributed by atoms with Crippen molar-refractivity contribution < 1.29 is 0 Å². The van der Waals surface area contributed by atoms with E-state index in [1.165, 1.54) is 16.8 Å². The fourth-order valence-corrected chi connectivity index (χ4v) is 4.11. The number of nitrogens with one attached hydrogen (secondary N) is 1. The summed E-state index contributed by atoms with van der Waals surface area (Å²) in [6, 6.07) is 19.0. The highest BCUT2D eigenvalue weighted by atomic mass is 35.5. The first-order chi connectivity index (χ1) is 13.0. The third-order valence-electron chi connectivity index (χ3n) is 5.20. The van der Waals surface area contributed by atoms with Gasteiger partial charge in [0.05, 0.1) is 6.04 Å². The van der Waals surface area contributed by atoms with Crippen LogP contribution in [0.2, 0.25) is 5.02 Å². The lowest BCUT2D eigenvalue weighted by Crippen LogP contribution is -2.44. The molecule has 4 rings (SSSR count). The first-order valence-corrected chi connectivity index (χ1v) is 9.87. The Morgan fingerprint density at radius 3 is 2.59 bits per heavy atom. The van der Waals surface area contributed by atoms with Crippen molar-refractivity contribution in [3.05, 3.63) is 88.2 Å². The molecule has 3 aromatic rings. The van der Waals surface area contributed by atoms with E-state index in [-0.39, 0.29) is 6.04 Å². The molecule has 1 aliphatic heterocycles. The zero-order valence-corrected chi connectivity index (χ0v) is 17.0. The van der Waals surface area contributed by atoms with E-state index in [1.54, 1.807) is 0 Å². The molecule has 1 atom stereocenters. The molecule has 1 aromatic heterocycles. The number of aromatic nitrogens is 1. The molecule has 1 N–H and O–H groups in total. The Kier molecular flexibility index (Phi) is 4.94. The number of nitrogens with zero attached hydrogens (tertiary/aromatic N) is 2. The second-order valence-corrected chi connectivity index (χ2v) is 7.77. The van der Waals surface area contributed by atoms with Gasteiger partial charge in [-0.15, -0.1) is 0 Å². The molecule has 138 valence electrons. The molecule has 0 saturated carbocycles. The molecule has 0 spiro atoms. The van der Waals surface area contributed by atoms with Crippen LogP contribution in [0.3, 0.4) is 0 Å². The van der Waals surface area contributed by atoms with Gasteiger partial charge in [0, 0.05) is 35.7 Å². The van der Waals surface area contributed by atoms with E-state index in [0.29, 0.717) is 0 Å². The van der Waals surface area contributed by atoms with E-state index < -0.39 is 0 Å². The van der Waals surface area contributed by atoms with Crippen LogP contribution in [0.1, 0.15) is 28.4 Å². The standard InChI is InChI=1S/C22H22ClN3S/c1-15-8-10-17(11-9-15)21-20-7-4-12-25(20)13-14-26(21)22(27)24-19-6-3-5-18(23)16(19)2/h3-12,21H,13-14H2,1-2H3,(H,24,27). The summed E-state index contributed by atoms with van der Waals surface area (Å²) in [6.45, 7) is 5.89. The number of hydrogen-bond acceptors (Lipinski definition) is 1. The average molecular weight is 396 g/mol. The molecule has 2 aromatic carbocycles. The number of thiocarbonyl (C=S) groups is 1. The minimum absolute atomic E-state index is 0.0915. The van der Waals surface area contributed by atoms with Crippen LogP contribution < -0.4 is 5.32 Å². The van der Waals surface area contributed by atoms with Gasteiger partial charge in [0.2, 0.25) is 0 Å². The molecule has 0 aliphatic carbocycles. The molecule has 5 heteroatoms. The number of aryl methyl sites for hydroxylation is 1. The summed E-state index contributed by atoms with van der Waals surface area (Å²) in [5, 5.41) is 4.88. The lowest BCUT2D eigenvalue weighted by atomic mass is 9.99. The van der Waals surface area contributed by atoms with Crippen molar-refractivity contribution in [2.24, 2.45) is 0 Å².